The van der Waals surface area contributed by atoms with Crippen molar-refractivity contribution in [2.75, 3.05) is 6.54 Å². The third-order valence-corrected chi connectivity index (χ3v) is 2.71. The van der Waals surface area contributed by atoms with E-state index in [4.69, 9.17) is 0 Å². The van der Waals surface area contributed by atoms with Gasteiger partial charge in [-0.05, 0) is 38.8 Å². The van der Waals surface area contributed by atoms with Crippen molar-refractivity contribution in [3.8, 4) is 0 Å². The molecule has 0 saturated carbocycles. The highest BCUT2D eigenvalue weighted by Gasteiger charge is 1.99. The number of aryl methyl sites for hydroxylation is 1. The lowest BCUT2D eigenvalue weighted by Gasteiger charge is -2.12. The second-order valence-corrected chi connectivity index (χ2v) is 4.38. The minimum absolute atomic E-state index is 0.653. The van der Waals surface area contributed by atoms with Gasteiger partial charge in [-0.3, -0.25) is 0 Å². The van der Waals surface area contributed by atoms with Crippen LogP contribution in [0.4, 0.5) is 0 Å². The Bertz CT molecular complexity index is 280. The SMILES string of the molecule is CCC[C@H](C)NCCc1cccc(C)c1. The van der Waals surface area contributed by atoms with Crippen LogP contribution < -0.4 is 5.32 Å². The lowest BCUT2D eigenvalue weighted by Crippen LogP contribution is -2.27. The van der Waals surface area contributed by atoms with E-state index in [1.54, 1.807) is 0 Å². The average Bonchev–Trinajstić information content (AvgIpc) is 2.18. The number of nitrogens with one attached hydrogen (secondary N) is 1. The van der Waals surface area contributed by atoms with Gasteiger partial charge in [0.15, 0.2) is 0 Å². The van der Waals surface area contributed by atoms with Gasteiger partial charge >= 0.3 is 0 Å². The van der Waals surface area contributed by atoms with Gasteiger partial charge in [-0.15, -0.1) is 0 Å². The summed E-state index contributed by atoms with van der Waals surface area (Å²) in [6.07, 6.45) is 3.67. The predicted molar refractivity (Wildman–Crippen MR) is 67.3 cm³/mol. The zero-order chi connectivity index (χ0) is 11.1. The highest BCUT2D eigenvalue weighted by Crippen LogP contribution is 2.04. The maximum Gasteiger partial charge on any atom is 0.00387 e. The Balaban J connectivity index is 2.25. The van der Waals surface area contributed by atoms with Gasteiger partial charge in [0.25, 0.3) is 0 Å². The second kappa shape index (κ2) is 6.62. The van der Waals surface area contributed by atoms with Crippen molar-refractivity contribution < 1.29 is 0 Å². The fourth-order valence-electron chi connectivity index (χ4n) is 1.87. The van der Waals surface area contributed by atoms with Crippen molar-refractivity contribution in [3.63, 3.8) is 0 Å². The van der Waals surface area contributed by atoms with E-state index in [2.05, 4.69) is 50.4 Å². The summed E-state index contributed by atoms with van der Waals surface area (Å²) >= 11 is 0. The van der Waals surface area contributed by atoms with Gasteiger partial charge in [-0.25, -0.2) is 0 Å². The molecule has 1 atom stereocenters. The van der Waals surface area contributed by atoms with Crippen LogP contribution in [-0.2, 0) is 6.42 Å². The Morgan fingerprint density at radius 1 is 1.33 bits per heavy atom. The fourth-order valence-corrected chi connectivity index (χ4v) is 1.87. The van der Waals surface area contributed by atoms with Crippen LogP contribution in [0.1, 0.15) is 37.8 Å². The third-order valence-electron chi connectivity index (χ3n) is 2.71. The van der Waals surface area contributed by atoms with Gasteiger partial charge in [0.05, 0.1) is 0 Å². The lowest BCUT2D eigenvalue weighted by atomic mass is 10.1. The van der Waals surface area contributed by atoms with Crippen molar-refractivity contribution in [1.29, 1.82) is 0 Å². The Morgan fingerprint density at radius 2 is 2.13 bits per heavy atom. The maximum absolute atomic E-state index is 3.55. The topological polar surface area (TPSA) is 12.0 Å². The van der Waals surface area contributed by atoms with Gasteiger partial charge < -0.3 is 5.32 Å². The standard InChI is InChI=1S/C14H23N/c1-4-6-13(3)15-10-9-14-8-5-7-12(2)11-14/h5,7-8,11,13,15H,4,6,9-10H2,1-3H3/t13-/m0/s1. The molecule has 1 heteroatoms. The zero-order valence-corrected chi connectivity index (χ0v) is 10.2. The van der Waals surface area contributed by atoms with Crippen LogP contribution in [0, 0.1) is 6.92 Å². The molecule has 0 spiro atoms. The highest BCUT2D eigenvalue weighted by molar-refractivity contribution is 5.22. The monoisotopic (exact) mass is 205 g/mol. The van der Waals surface area contributed by atoms with E-state index >= 15 is 0 Å². The molecule has 0 heterocycles. The van der Waals surface area contributed by atoms with Gasteiger partial charge in [-0.1, -0.05) is 43.2 Å². The molecule has 1 rings (SSSR count). The summed E-state index contributed by atoms with van der Waals surface area (Å²) < 4.78 is 0. The van der Waals surface area contributed by atoms with Crippen molar-refractivity contribution in [3.05, 3.63) is 35.4 Å². The predicted octanol–water partition coefficient (Wildman–Crippen LogP) is 3.32. The number of hydrogen-bond acceptors (Lipinski definition) is 1. The van der Waals surface area contributed by atoms with Gasteiger partial charge in [0, 0.05) is 6.04 Å². The van der Waals surface area contributed by atoms with E-state index in [-0.39, 0.29) is 0 Å². The summed E-state index contributed by atoms with van der Waals surface area (Å²) in [4.78, 5) is 0. The van der Waals surface area contributed by atoms with Crippen molar-refractivity contribution in [2.24, 2.45) is 0 Å². The molecule has 0 aromatic heterocycles. The normalized spacial score (nSPS) is 12.7. The molecule has 1 N–H and O–H groups in total. The van der Waals surface area contributed by atoms with Gasteiger partial charge in [0.1, 0.15) is 0 Å². The van der Waals surface area contributed by atoms with Crippen LogP contribution >= 0.6 is 0 Å². The van der Waals surface area contributed by atoms with E-state index in [1.807, 2.05) is 0 Å². The maximum atomic E-state index is 3.55. The van der Waals surface area contributed by atoms with Crippen LogP contribution in [0.5, 0.6) is 0 Å². The smallest absolute Gasteiger partial charge is 0.00387 e. The van der Waals surface area contributed by atoms with Gasteiger partial charge in [0.2, 0.25) is 0 Å². The zero-order valence-electron chi connectivity index (χ0n) is 10.2. The Morgan fingerprint density at radius 3 is 2.80 bits per heavy atom. The molecule has 0 amide bonds. The van der Waals surface area contributed by atoms with E-state index < -0.39 is 0 Å². The number of hydrogen-bond donors (Lipinski definition) is 1. The Labute approximate surface area is 93.9 Å². The van der Waals surface area contributed by atoms with E-state index in [0.29, 0.717) is 6.04 Å². The Kier molecular flexibility index (Phi) is 5.41. The molecular weight excluding hydrogens is 182 g/mol. The first kappa shape index (κ1) is 12.3. The Hall–Kier alpha value is -0.820. The molecule has 0 fully saturated rings. The summed E-state index contributed by atoms with van der Waals surface area (Å²) in [5, 5.41) is 3.55. The largest absolute Gasteiger partial charge is 0.314 e. The molecule has 0 unspecified atom stereocenters. The van der Waals surface area contributed by atoms with Crippen LogP contribution in [-0.4, -0.2) is 12.6 Å². The average molecular weight is 205 g/mol. The van der Waals surface area contributed by atoms with Crippen molar-refractivity contribution >= 4 is 0 Å². The fraction of sp³-hybridized carbons (Fsp3) is 0.571. The molecule has 0 saturated heterocycles. The molecule has 1 nitrogen and oxygen atoms in total. The van der Waals surface area contributed by atoms with Gasteiger partial charge in [-0.2, -0.15) is 0 Å². The minimum Gasteiger partial charge on any atom is -0.314 e. The molecule has 1 aromatic carbocycles. The van der Waals surface area contributed by atoms with Crippen molar-refractivity contribution in [2.45, 2.75) is 46.1 Å². The molecule has 0 aliphatic heterocycles. The lowest BCUT2D eigenvalue weighted by molar-refractivity contribution is 0.512. The van der Waals surface area contributed by atoms with Crippen LogP contribution in [0.3, 0.4) is 0 Å². The first-order valence-electron chi connectivity index (χ1n) is 6.01. The van der Waals surface area contributed by atoms with E-state index in [0.717, 1.165) is 13.0 Å². The number of rotatable bonds is 6. The summed E-state index contributed by atoms with van der Waals surface area (Å²) in [5.41, 5.74) is 2.79. The second-order valence-electron chi connectivity index (χ2n) is 4.38. The molecule has 0 bridgehead atoms. The quantitative estimate of drug-likeness (QED) is 0.751. The summed E-state index contributed by atoms with van der Waals surface area (Å²) in [5.74, 6) is 0. The molecule has 0 aliphatic rings. The minimum atomic E-state index is 0.653. The third kappa shape index (κ3) is 4.98. The van der Waals surface area contributed by atoms with E-state index in [1.165, 1.54) is 24.0 Å². The summed E-state index contributed by atoms with van der Waals surface area (Å²) in [6.45, 7) is 7.74. The van der Waals surface area contributed by atoms with Crippen LogP contribution in [0.15, 0.2) is 24.3 Å². The molecular formula is C14H23N. The molecule has 15 heavy (non-hydrogen) atoms. The molecule has 0 aliphatic carbocycles. The first-order valence-corrected chi connectivity index (χ1v) is 6.01. The molecule has 1 aromatic rings. The van der Waals surface area contributed by atoms with Crippen molar-refractivity contribution in [1.82, 2.24) is 5.32 Å². The molecule has 84 valence electrons. The highest BCUT2D eigenvalue weighted by atomic mass is 14.9. The number of benzene rings is 1. The van der Waals surface area contributed by atoms with Crippen LogP contribution in [0.2, 0.25) is 0 Å². The molecule has 0 radical (unpaired) electrons. The summed E-state index contributed by atoms with van der Waals surface area (Å²) in [7, 11) is 0. The van der Waals surface area contributed by atoms with E-state index in [9.17, 15) is 0 Å². The van der Waals surface area contributed by atoms with Crippen LogP contribution in [0.25, 0.3) is 0 Å². The summed E-state index contributed by atoms with van der Waals surface area (Å²) in [6, 6.07) is 9.42. The first-order chi connectivity index (χ1) is 7.22.